The Morgan fingerprint density at radius 3 is 2.41 bits per heavy atom. The number of ether oxygens (including phenoxy) is 2. The van der Waals surface area contributed by atoms with Gasteiger partial charge in [-0.05, 0) is 69.7 Å². The van der Waals surface area contributed by atoms with E-state index in [2.05, 4.69) is 4.98 Å². The number of Topliss-reactive ketones (excluding diaryl/α,β-unsaturated/α-hetero) is 1. The van der Waals surface area contributed by atoms with Gasteiger partial charge in [-0.2, -0.15) is 0 Å². The van der Waals surface area contributed by atoms with E-state index in [4.69, 9.17) is 9.47 Å². The number of aliphatic hydroxyl groups excluding tert-OH is 1. The van der Waals surface area contributed by atoms with Gasteiger partial charge in [-0.25, -0.2) is 4.98 Å². The third-order valence-corrected chi connectivity index (χ3v) is 6.53. The molecule has 2 aromatic carbocycles. The molecule has 0 spiro atoms. The van der Waals surface area contributed by atoms with Gasteiger partial charge in [-0.3, -0.25) is 14.5 Å². The quantitative estimate of drug-likeness (QED) is 0.461. The molecule has 1 N–H and O–H groups in total. The van der Waals surface area contributed by atoms with Crippen LogP contribution >= 0.6 is 11.3 Å². The molecule has 0 fully saturated rings. The summed E-state index contributed by atoms with van der Waals surface area (Å²) in [7, 11) is 1.55. The molecule has 0 saturated carbocycles. The summed E-state index contributed by atoms with van der Waals surface area (Å²) in [6.07, 6.45) is 0.00448. The number of anilines is 1. The molecule has 2 heterocycles. The highest BCUT2D eigenvalue weighted by Gasteiger charge is 2.45. The van der Waals surface area contributed by atoms with Crippen LogP contribution < -0.4 is 14.4 Å². The summed E-state index contributed by atoms with van der Waals surface area (Å²) in [6, 6.07) is 13.3. The molecule has 0 radical (unpaired) electrons. The number of carbonyl (C=O) groups excluding carboxylic acids is 2. The average molecular weight is 479 g/mol. The fourth-order valence-corrected chi connectivity index (χ4v) is 4.93. The second-order valence-electron chi connectivity index (χ2n) is 8.25. The van der Waals surface area contributed by atoms with Gasteiger partial charge in [0.05, 0.1) is 40.4 Å². The summed E-state index contributed by atoms with van der Waals surface area (Å²) >= 11 is 1.25. The highest BCUT2D eigenvalue weighted by molar-refractivity contribution is 7.14. The first kappa shape index (κ1) is 23.5. The number of hydrogen-bond acceptors (Lipinski definition) is 7. The zero-order valence-corrected chi connectivity index (χ0v) is 20.5. The predicted molar refractivity (Wildman–Crippen MR) is 131 cm³/mol. The van der Waals surface area contributed by atoms with Gasteiger partial charge in [0.2, 0.25) is 5.78 Å². The number of aliphatic hydroxyl groups is 1. The van der Waals surface area contributed by atoms with Crippen molar-refractivity contribution >= 4 is 28.7 Å². The molecule has 0 aliphatic carbocycles. The van der Waals surface area contributed by atoms with E-state index < -0.39 is 23.5 Å². The monoisotopic (exact) mass is 478 g/mol. The molecular formula is C26H26N2O5S. The van der Waals surface area contributed by atoms with Crippen molar-refractivity contribution in [3.63, 3.8) is 0 Å². The van der Waals surface area contributed by atoms with E-state index in [-0.39, 0.29) is 11.7 Å². The van der Waals surface area contributed by atoms with Crippen LogP contribution in [0.5, 0.6) is 11.5 Å². The molecule has 1 amide bonds. The summed E-state index contributed by atoms with van der Waals surface area (Å²) in [5.74, 6) is -0.386. The lowest BCUT2D eigenvalue weighted by Gasteiger charge is -2.27. The van der Waals surface area contributed by atoms with Gasteiger partial charge in [-0.15, -0.1) is 11.3 Å². The predicted octanol–water partition coefficient (Wildman–Crippen LogP) is 5.34. The highest BCUT2D eigenvalue weighted by atomic mass is 32.1. The van der Waals surface area contributed by atoms with E-state index in [0.717, 1.165) is 5.01 Å². The van der Waals surface area contributed by atoms with Crippen molar-refractivity contribution in [1.82, 2.24) is 4.98 Å². The van der Waals surface area contributed by atoms with Gasteiger partial charge in [-0.1, -0.05) is 12.1 Å². The van der Waals surface area contributed by atoms with Crippen LogP contribution in [0.15, 0.2) is 59.9 Å². The van der Waals surface area contributed by atoms with Crippen LogP contribution in [0, 0.1) is 13.8 Å². The Bertz CT molecular complexity index is 1280. The van der Waals surface area contributed by atoms with Crippen molar-refractivity contribution in [3.8, 4) is 11.5 Å². The summed E-state index contributed by atoms with van der Waals surface area (Å²) in [6.45, 7) is 7.42. The van der Waals surface area contributed by atoms with Crippen LogP contribution in [-0.4, -0.2) is 35.0 Å². The van der Waals surface area contributed by atoms with E-state index in [1.807, 2.05) is 20.8 Å². The van der Waals surface area contributed by atoms with Crippen molar-refractivity contribution in [2.75, 3.05) is 12.0 Å². The lowest BCUT2D eigenvalue weighted by atomic mass is 9.94. The number of methoxy groups -OCH3 is 1. The third kappa shape index (κ3) is 4.28. The minimum absolute atomic E-state index is 0.00448. The molecule has 34 heavy (non-hydrogen) atoms. The molecule has 4 rings (SSSR count). The Morgan fingerprint density at radius 1 is 1.12 bits per heavy atom. The smallest absolute Gasteiger partial charge is 0.294 e. The van der Waals surface area contributed by atoms with Gasteiger partial charge < -0.3 is 14.6 Å². The van der Waals surface area contributed by atoms with Crippen molar-refractivity contribution in [1.29, 1.82) is 0 Å². The van der Waals surface area contributed by atoms with Crippen molar-refractivity contribution in [2.45, 2.75) is 39.8 Å². The van der Waals surface area contributed by atoms with Gasteiger partial charge in [0.15, 0.2) is 5.76 Å². The van der Waals surface area contributed by atoms with Crippen LogP contribution in [-0.2, 0) is 4.79 Å². The van der Waals surface area contributed by atoms with Crippen LogP contribution in [0.2, 0.25) is 0 Å². The average Bonchev–Trinajstić information content (AvgIpc) is 3.29. The second-order valence-corrected chi connectivity index (χ2v) is 9.46. The first-order chi connectivity index (χ1) is 16.2. The van der Waals surface area contributed by atoms with E-state index in [0.29, 0.717) is 33.3 Å². The van der Waals surface area contributed by atoms with Gasteiger partial charge in [0.25, 0.3) is 5.91 Å². The Labute approximate surface area is 202 Å². The maximum atomic E-state index is 13.6. The van der Waals surface area contributed by atoms with Crippen LogP contribution in [0.4, 0.5) is 5.69 Å². The largest absolute Gasteiger partial charge is 0.503 e. The molecule has 7 nitrogen and oxygen atoms in total. The summed E-state index contributed by atoms with van der Waals surface area (Å²) < 4.78 is 11.1. The molecule has 1 unspecified atom stereocenters. The standard InChI is InChI=1S/C26H26N2O5S/c1-14(2)33-19-11-9-18(10-12-19)28-22(17-7-6-8-20(13-17)32-5)21(24(30)26(28)31)23(29)25-15(3)27-16(4)34-25/h6-14,22,30H,1-5H3. The first-order valence-electron chi connectivity index (χ1n) is 10.9. The minimum atomic E-state index is -0.839. The van der Waals surface area contributed by atoms with Crippen LogP contribution in [0.1, 0.15) is 45.8 Å². The van der Waals surface area contributed by atoms with E-state index in [1.165, 1.54) is 16.2 Å². The fourth-order valence-electron chi connectivity index (χ4n) is 4.05. The SMILES string of the molecule is COc1cccc(C2C(C(=O)c3sc(C)nc3C)=C(O)C(=O)N2c2ccc(OC(C)C)cc2)c1. The maximum Gasteiger partial charge on any atom is 0.294 e. The number of carbonyl (C=O) groups is 2. The van der Waals surface area contributed by atoms with Crippen LogP contribution in [0.3, 0.4) is 0 Å². The highest BCUT2D eigenvalue weighted by Crippen LogP contribution is 2.43. The third-order valence-electron chi connectivity index (χ3n) is 5.46. The zero-order valence-electron chi connectivity index (χ0n) is 19.7. The zero-order chi connectivity index (χ0) is 24.6. The fraction of sp³-hybridized carbons (Fsp3) is 0.269. The number of benzene rings is 2. The molecule has 1 aliphatic rings. The van der Waals surface area contributed by atoms with Gasteiger partial charge >= 0.3 is 0 Å². The number of thiazole rings is 1. The molecule has 0 saturated heterocycles. The minimum Gasteiger partial charge on any atom is -0.503 e. The number of aromatic nitrogens is 1. The molecule has 176 valence electrons. The summed E-state index contributed by atoms with van der Waals surface area (Å²) in [4.78, 5) is 33.2. The van der Waals surface area contributed by atoms with E-state index in [1.54, 1.807) is 62.6 Å². The maximum absolute atomic E-state index is 13.6. The Kier molecular flexibility index (Phi) is 6.43. The van der Waals surface area contributed by atoms with E-state index >= 15 is 0 Å². The Hall–Kier alpha value is -3.65. The number of nitrogens with zero attached hydrogens (tertiary/aromatic N) is 2. The topological polar surface area (TPSA) is 89.0 Å². The normalized spacial score (nSPS) is 15.9. The lowest BCUT2D eigenvalue weighted by Crippen LogP contribution is -2.31. The first-order valence-corrected chi connectivity index (χ1v) is 11.7. The number of rotatable bonds is 7. The van der Waals surface area contributed by atoms with Crippen molar-refractivity contribution in [2.24, 2.45) is 0 Å². The van der Waals surface area contributed by atoms with Crippen molar-refractivity contribution < 1.29 is 24.2 Å². The van der Waals surface area contributed by atoms with Gasteiger partial charge in [0, 0.05) is 5.69 Å². The van der Waals surface area contributed by atoms with E-state index in [9.17, 15) is 14.7 Å². The van der Waals surface area contributed by atoms with Gasteiger partial charge in [0.1, 0.15) is 11.5 Å². The van der Waals surface area contributed by atoms with Crippen molar-refractivity contribution in [3.05, 3.63) is 81.0 Å². The molecule has 0 bridgehead atoms. The molecule has 3 aromatic rings. The molecule has 1 atom stereocenters. The lowest BCUT2D eigenvalue weighted by molar-refractivity contribution is -0.117. The van der Waals surface area contributed by atoms with Crippen LogP contribution in [0.25, 0.3) is 0 Å². The summed E-state index contributed by atoms with van der Waals surface area (Å²) in [5.41, 5.74) is 1.76. The Balaban J connectivity index is 1.84. The number of aryl methyl sites for hydroxylation is 2. The molecule has 8 heteroatoms. The summed E-state index contributed by atoms with van der Waals surface area (Å²) in [5, 5.41) is 11.7. The number of ketones is 1. The molecule has 1 aliphatic heterocycles. The molecule has 1 aromatic heterocycles. The number of hydrogen-bond donors (Lipinski definition) is 1. The second kappa shape index (κ2) is 9.30. The molecular weight excluding hydrogens is 452 g/mol. The number of amides is 1. The Morgan fingerprint density at radius 2 is 1.82 bits per heavy atom.